The maximum Gasteiger partial charge on any atom is 0.0528 e. The van der Waals surface area contributed by atoms with Gasteiger partial charge in [0.15, 0.2) is 0 Å². The number of anilines is 1. The summed E-state index contributed by atoms with van der Waals surface area (Å²) in [6.07, 6.45) is 1.25. The first-order chi connectivity index (χ1) is 10.3. The van der Waals surface area contributed by atoms with Gasteiger partial charge in [0.05, 0.1) is 5.69 Å². The van der Waals surface area contributed by atoms with Gasteiger partial charge in [-0.3, -0.25) is 0 Å². The van der Waals surface area contributed by atoms with Crippen molar-refractivity contribution in [3.8, 4) is 11.8 Å². The number of hydrogen-bond donors (Lipinski definition) is 0. The summed E-state index contributed by atoms with van der Waals surface area (Å²) in [6, 6.07) is 16.8. The van der Waals surface area contributed by atoms with Crippen LogP contribution in [-0.4, -0.2) is 6.54 Å². The van der Waals surface area contributed by atoms with Crippen LogP contribution in [0, 0.1) is 11.8 Å². The lowest BCUT2D eigenvalue weighted by molar-refractivity contribution is 0.828. The Hall–Kier alpha value is -2.20. The lowest BCUT2D eigenvalue weighted by Crippen LogP contribution is -2.24. The van der Waals surface area contributed by atoms with E-state index in [4.69, 9.17) is 0 Å². The highest BCUT2D eigenvalue weighted by molar-refractivity contribution is 5.64. The number of benzene rings is 2. The fourth-order valence-electron chi connectivity index (χ4n) is 2.34. The number of rotatable bonds is 1. The van der Waals surface area contributed by atoms with Gasteiger partial charge in [0.1, 0.15) is 0 Å². The van der Waals surface area contributed by atoms with Crippen LogP contribution in [0.5, 0.6) is 0 Å². The quantitative estimate of drug-likeness (QED) is 0.674. The van der Waals surface area contributed by atoms with E-state index in [2.05, 4.69) is 86.0 Å². The summed E-state index contributed by atoms with van der Waals surface area (Å²) in [5.41, 5.74) is 4.81. The molecule has 108 valence electrons. The smallest absolute Gasteiger partial charge is 0.0528 e. The van der Waals surface area contributed by atoms with E-state index in [9.17, 15) is 0 Å². The molecular formula is C20H23N. The normalized spacial score (nSPS) is 11.7. The van der Waals surface area contributed by atoms with Gasteiger partial charge in [-0.05, 0) is 30.7 Å². The molecule has 1 aliphatic rings. The summed E-state index contributed by atoms with van der Waals surface area (Å²) in [5.74, 6) is 6.58. The molecule has 0 bridgehead atoms. The highest BCUT2D eigenvalue weighted by Gasteiger charge is 2.12. The second kappa shape index (κ2) is 7.55. The molecule has 0 saturated heterocycles. The zero-order valence-electron chi connectivity index (χ0n) is 13.2. The van der Waals surface area contributed by atoms with Crippen molar-refractivity contribution in [2.24, 2.45) is 0 Å². The van der Waals surface area contributed by atoms with E-state index in [0.717, 1.165) is 24.2 Å². The molecule has 0 aromatic heterocycles. The number of hydrogen-bond acceptors (Lipinski definition) is 1. The summed E-state index contributed by atoms with van der Waals surface area (Å²) in [7, 11) is 0. The van der Waals surface area contributed by atoms with Gasteiger partial charge in [0.25, 0.3) is 0 Å². The lowest BCUT2D eigenvalue weighted by atomic mass is 10.0. The molecule has 0 amide bonds. The minimum atomic E-state index is 0.929. The van der Waals surface area contributed by atoms with Gasteiger partial charge in [-0.1, -0.05) is 62.4 Å². The van der Waals surface area contributed by atoms with Crippen LogP contribution in [0.1, 0.15) is 43.9 Å². The average molecular weight is 277 g/mol. The zero-order chi connectivity index (χ0) is 15.1. The first-order valence-electron chi connectivity index (χ1n) is 7.74. The Labute approximate surface area is 128 Å². The summed E-state index contributed by atoms with van der Waals surface area (Å²) in [6.45, 7) is 8.36. The largest absolute Gasteiger partial charge is 0.366 e. The van der Waals surface area contributed by atoms with Crippen molar-refractivity contribution in [3.05, 3.63) is 65.2 Å². The fourth-order valence-corrected chi connectivity index (χ4v) is 2.34. The first-order valence-corrected chi connectivity index (χ1v) is 7.74. The first kappa shape index (κ1) is 15.2. The third-order valence-electron chi connectivity index (χ3n) is 3.34. The number of nitrogens with zero attached hydrogens (tertiary/aromatic N) is 1. The van der Waals surface area contributed by atoms with Gasteiger partial charge >= 0.3 is 0 Å². The molecule has 2 aromatic carbocycles. The molecule has 21 heavy (non-hydrogen) atoms. The highest BCUT2D eigenvalue weighted by atomic mass is 15.1. The summed E-state index contributed by atoms with van der Waals surface area (Å²) >= 11 is 0. The van der Waals surface area contributed by atoms with Crippen molar-refractivity contribution in [3.63, 3.8) is 0 Å². The van der Waals surface area contributed by atoms with Crippen molar-refractivity contribution in [2.75, 3.05) is 11.4 Å². The molecule has 0 fully saturated rings. The summed E-state index contributed by atoms with van der Waals surface area (Å²) < 4.78 is 0. The van der Waals surface area contributed by atoms with Crippen LogP contribution >= 0.6 is 0 Å². The summed E-state index contributed by atoms with van der Waals surface area (Å²) in [4.78, 5) is 2.38. The minimum absolute atomic E-state index is 0.929. The fraction of sp³-hybridized carbons (Fsp3) is 0.300. The molecule has 1 aliphatic heterocycles. The molecule has 1 heterocycles. The Kier molecular flexibility index (Phi) is 5.46. The molecule has 0 saturated carbocycles. The van der Waals surface area contributed by atoms with Crippen molar-refractivity contribution >= 4 is 5.69 Å². The maximum atomic E-state index is 3.29. The van der Waals surface area contributed by atoms with Crippen molar-refractivity contribution < 1.29 is 0 Å². The van der Waals surface area contributed by atoms with E-state index < -0.39 is 0 Å². The Morgan fingerprint density at radius 1 is 0.857 bits per heavy atom. The minimum Gasteiger partial charge on any atom is -0.366 e. The second-order valence-electron chi connectivity index (χ2n) is 5.15. The molecule has 0 radical (unpaired) electrons. The van der Waals surface area contributed by atoms with Gasteiger partial charge < -0.3 is 4.90 Å². The van der Waals surface area contributed by atoms with Gasteiger partial charge in [0.2, 0.25) is 0 Å². The van der Waals surface area contributed by atoms with Gasteiger partial charge in [-0.15, -0.1) is 0 Å². The number of fused-ring (bicyclic) bond motifs is 2. The van der Waals surface area contributed by atoms with Crippen LogP contribution in [0.2, 0.25) is 0 Å². The predicted octanol–water partition coefficient (Wildman–Crippen LogP) is 4.84. The summed E-state index contributed by atoms with van der Waals surface area (Å²) in [5, 5.41) is 0. The van der Waals surface area contributed by atoms with Gasteiger partial charge in [-0.25, -0.2) is 0 Å². The third-order valence-corrected chi connectivity index (χ3v) is 3.34. The average Bonchev–Trinajstić information content (AvgIpc) is 2.50. The van der Waals surface area contributed by atoms with Crippen LogP contribution in [-0.2, 0) is 6.54 Å². The topological polar surface area (TPSA) is 3.24 Å². The molecular weight excluding hydrogens is 254 g/mol. The molecule has 0 unspecified atom stereocenters. The Morgan fingerprint density at radius 3 is 2.14 bits per heavy atom. The molecule has 1 heteroatoms. The maximum absolute atomic E-state index is 3.29. The van der Waals surface area contributed by atoms with Crippen molar-refractivity contribution in [1.29, 1.82) is 0 Å². The second-order valence-corrected chi connectivity index (χ2v) is 5.15. The molecule has 0 atom stereocenters. The van der Waals surface area contributed by atoms with E-state index in [0.29, 0.717) is 0 Å². The van der Waals surface area contributed by atoms with Crippen LogP contribution in [0.3, 0.4) is 0 Å². The van der Waals surface area contributed by atoms with E-state index in [1.165, 1.54) is 17.7 Å². The monoisotopic (exact) mass is 277 g/mol. The van der Waals surface area contributed by atoms with Gasteiger partial charge in [0, 0.05) is 24.2 Å². The SMILES string of the molecule is CCC.CCN1Cc2ccccc2C#Cc2ccccc21. The molecule has 0 aliphatic carbocycles. The van der Waals surface area contributed by atoms with E-state index in [1.54, 1.807) is 0 Å². The zero-order valence-corrected chi connectivity index (χ0v) is 13.2. The standard InChI is InChI=1S/C17H15N.C3H8/c1-2-18-13-16-9-4-3-7-14(16)11-12-15-8-5-6-10-17(15)18;1-3-2/h3-10H,2,13H2,1H3;3H2,1-2H3. The Balaban J connectivity index is 0.000000497. The molecule has 2 aromatic rings. The van der Waals surface area contributed by atoms with Crippen LogP contribution in [0.15, 0.2) is 48.5 Å². The predicted molar refractivity (Wildman–Crippen MR) is 91.6 cm³/mol. The third kappa shape index (κ3) is 3.67. The molecule has 3 rings (SSSR count). The van der Waals surface area contributed by atoms with Crippen molar-refractivity contribution in [1.82, 2.24) is 0 Å². The Bertz CT molecular complexity index is 646. The molecule has 1 nitrogen and oxygen atoms in total. The Morgan fingerprint density at radius 2 is 1.43 bits per heavy atom. The van der Waals surface area contributed by atoms with E-state index in [-0.39, 0.29) is 0 Å². The molecule has 0 spiro atoms. The molecule has 0 N–H and O–H groups in total. The highest BCUT2D eigenvalue weighted by Crippen LogP contribution is 2.24. The lowest BCUT2D eigenvalue weighted by Gasteiger charge is -2.26. The van der Waals surface area contributed by atoms with E-state index >= 15 is 0 Å². The van der Waals surface area contributed by atoms with Crippen LogP contribution in [0.25, 0.3) is 0 Å². The van der Waals surface area contributed by atoms with E-state index in [1.807, 2.05) is 0 Å². The number of para-hydroxylation sites is 1. The van der Waals surface area contributed by atoms with Gasteiger partial charge in [-0.2, -0.15) is 0 Å². The van der Waals surface area contributed by atoms with Crippen molar-refractivity contribution in [2.45, 2.75) is 33.7 Å². The van der Waals surface area contributed by atoms with Crippen LogP contribution in [0.4, 0.5) is 5.69 Å². The van der Waals surface area contributed by atoms with Crippen LogP contribution < -0.4 is 4.90 Å².